The van der Waals surface area contributed by atoms with Crippen LogP contribution in [0, 0.1) is 11.7 Å². The lowest BCUT2D eigenvalue weighted by Gasteiger charge is -2.34. The highest BCUT2D eigenvalue weighted by Gasteiger charge is 2.39. The molecule has 9 heteroatoms. The molecule has 1 aliphatic heterocycles. The molecule has 0 atom stereocenters. The molecular weight excluding hydrogens is 447 g/mol. The first kappa shape index (κ1) is 23.5. The maximum atomic E-state index is 13.4. The molecule has 1 saturated heterocycles. The number of hydrogen-bond donors (Lipinski definition) is 0. The Balaban J connectivity index is 1.44. The Kier molecular flexibility index (Phi) is 6.90. The van der Waals surface area contributed by atoms with Gasteiger partial charge < -0.3 is 14.4 Å². The molecule has 2 aromatic carbocycles. The van der Waals surface area contributed by atoms with Gasteiger partial charge in [0.25, 0.3) is 0 Å². The van der Waals surface area contributed by atoms with Crippen molar-refractivity contribution in [2.24, 2.45) is 5.92 Å². The summed E-state index contributed by atoms with van der Waals surface area (Å²) in [7, 11) is -0.503. The Morgan fingerprint density at radius 1 is 1.03 bits per heavy atom. The van der Waals surface area contributed by atoms with Gasteiger partial charge in [0.2, 0.25) is 15.9 Å². The van der Waals surface area contributed by atoms with E-state index in [2.05, 4.69) is 0 Å². The number of hydrogen-bond acceptors (Lipinski definition) is 5. The minimum atomic E-state index is -3.71. The molecule has 1 saturated carbocycles. The van der Waals surface area contributed by atoms with Crippen molar-refractivity contribution in [3.05, 3.63) is 53.8 Å². The summed E-state index contributed by atoms with van der Waals surface area (Å²) in [6.45, 7) is 0.951. The zero-order valence-corrected chi connectivity index (χ0v) is 19.7. The van der Waals surface area contributed by atoms with E-state index in [1.165, 1.54) is 16.4 Å². The summed E-state index contributed by atoms with van der Waals surface area (Å²) in [5.74, 6) is 0.747. The minimum Gasteiger partial charge on any atom is -0.497 e. The predicted octanol–water partition coefficient (Wildman–Crippen LogP) is 3.43. The van der Waals surface area contributed by atoms with E-state index in [1.807, 2.05) is 23.1 Å². The third-order valence-electron chi connectivity index (χ3n) is 6.35. The van der Waals surface area contributed by atoms with E-state index in [1.54, 1.807) is 14.2 Å². The second-order valence-electron chi connectivity index (χ2n) is 8.51. The van der Waals surface area contributed by atoms with Crippen LogP contribution in [-0.4, -0.2) is 56.9 Å². The van der Waals surface area contributed by atoms with Crippen molar-refractivity contribution in [2.45, 2.75) is 43.2 Å². The summed E-state index contributed by atoms with van der Waals surface area (Å²) in [5, 5.41) is 0. The number of carbonyl (C=O) groups is 1. The monoisotopic (exact) mass is 476 g/mol. The molecule has 0 N–H and O–H groups in total. The van der Waals surface area contributed by atoms with Crippen LogP contribution in [-0.2, 0) is 21.4 Å². The lowest BCUT2D eigenvalue weighted by atomic mass is 9.96. The van der Waals surface area contributed by atoms with Gasteiger partial charge >= 0.3 is 0 Å². The van der Waals surface area contributed by atoms with E-state index in [0.717, 1.165) is 30.5 Å². The molecule has 0 unspecified atom stereocenters. The molecular formula is C24H29FN2O5S. The minimum absolute atomic E-state index is 0.0567. The van der Waals surface area contributed by atoms with Crippen molar-refractivity contribution in [3.8, 4) is 11.5 Å². The fraction of sp³-hybridized carbons (Fsp3) is 0.458. The molecule has 33 heavy (non-hydrogen) atoms. The zero-order chi connectivity index (χ0) is 23.6. The van der Waals surface area contributed by atoms with E-state index < -0.39 is 15.8 Å². The Hall–Kier alpha value is -2.65. The molecule has 2 aliphatic rings. The van der Waals surface area contributed by atoms with E-state index in [-0.39, 0.29) is 35.9 Å². The average Bonchev–Trinajstić information content (AvgIpc) is 3.67. The molecule has 1 amide bonds. The standard InChI is InChI=1S/C24H29FN2O5S/c1-31-21-7-10-23(32-2)18(15-21)16-27(20-5-6-20)24(28)17-11-13-26(14-12-17)33(29,30)22-8-3-19(25)4-9-22/h3-4,7-10,15,17,20H,5-6,11-14,16H2,1-2H3. The molecule has 0 aromatic heterocycles. The molecule has 0 radical (unpaired) electrons. The lowest BCUT2D eigenvalue weighted by Crippen LogP contribution is -2.44. The number of amides is 1. The summed E-state index contributed by atoms with van der Waals surface area (Å²) in [5.41, 5.74) is 0.883. The number of halogens is 1. The van der Waals surface area contributed by atoms with Crippen molar-refractivity contribution < 1.29 is 27.1 Å². The highest BCUT2D eigenvalue weighted by atomic mass is 32.2. The second-order valence-corrected chi connectivity index (χ2v) is 10.4. The normalized spacial score (nSPS) is 17.5. The van der Waals surface area contributed by atoms with Crippen LogP contribution in [0.1, 0.15) is 31.2 Å². The molecule has 2 aromatic rings. The summed E-state index contributed by atoms with van der Waals surface area (Å²) in [4.78, 5) is 15.4. The van der Waals surface area contributed by atoms with Gasteiger partial charge in [-0.1, -0.05) is 0 Å². The van der Waals surface area contributed by atoms with Crippen molar-refractivity contribution in [3.63, 3.8) is 0 Å². The molecule has 1 aliphatic carbocycles. The Morgan fingerprint density at radius 2 is 1.70 bits per heavy atom. The number of carbonyl (C=O) groups excluding carboxylic acids is 1. The van der Waals surface area contributed by atoms with Crippen molar-refractivity contribution in [1.82, 2.24) is 9.21 Å². The van der Waals surface area contributed by atoms with Gasteiger partial charge in [-0.2, -0.15) is 4.31 Å². The number of piperidine rings is 1. The predicted molar refractivity (Wildman–Crippen MR) is 121 cm³/mol. The molecule has 4 rings (SSSR count). The SMILES string of the molecule is COc1ccc(OC)c(CN(C(=O)C2CCN(S(=O)(=O)c3ccc(F)cc3)CC2)C2CC2)c1. The maximum absolute atomic E-state index is 13.4. The van der Waals surface area contributed by atoms with Gasteiger partial charge in [0.05, 0.1) is 19.1 Å². The first-order valence-electron chi connectivity index (χ1n) is 11.1. The van der Waals surface area contributed by atoms with Gasteiger partial charge in [-0.25, -0.2) is 12.8 Å². The van der Waals surface area contributed by atoms with Crippen LogP contribution >= 0.6 is 0 Å². The largest absolute Gasteiger partial charge is 0.497 e. The van der Waals surface area contributed by atoms with Crippen molar-refractivity contribution in [2.75, 3.05) is 27.3 Å². The molecule has 7 nitrogen and oxygen atoms in total. The Labute approximate surface area is 194 Å². The maximum Gasteiger partial charge on any atom is 0.243 e. The summed E-state index contributed by atoms with van der Waals surface area (Å²) < 4.78 is 51.1. The second kappa shape index (κ2) is 9.69. The highest BCUT2D eigenvalue weighted by Crippen LogP contribution is 2.35. The Morgan fingerprint density at radius 3 is 2.27 bits per heavy atom. The number of ether oxygens (including phenoxy) is 2. The molecule has 178 valence electrons. The first-order valence-corrected chi connectivity index (χ1v) is 12.5. The Bertz CT molecular complexity index is 1090. The van der Waals surface area contributed by atoms with Crippen LogP contribution in [0.25, 0.3) is 0 Å². The van der Waals surface area contributed by atoms with Gasteiger partial charge in [0.15, 0.2) is 0 Å². The van der Waals surface area contributed by atoms with E-state index in [9.17, 15) is 17.6 Å². The summed E-state index contributed by atoms with van der Waals surface area (Å²) >= 11 is 0. The molecule has 1 heterocycles. The van der Waals surface area contributed by atoms with Crippen LogP contribution in [0.4, 0.5) is 4.39 Å². The number of sulfonamides is 1. The highest BCUT2D eigenvalue weighted by molar-refractivity contribution is 7.89. The van der Waals surface area contributed by atoms with Crippen LogP contribution in [0.3, 0.4) is 0 Å². The van der Waals surface area contributed by atoms with Crippen molar-refractivity contribution >= 4 is 15.9 Å². The number of nitrogens with zero attached hydrogens (tertiary/aromatic N) is 2. The molecule has 0 bridgehead atoms. The first-order chi connectivity index (χ1) is 15.8. The third kappa shape index (κ3) is 5.14. The topological polar surface area (TPSA) is 76.2 Å². The smallest absolute Gasteiger partial charge is 0.243 e. The summed E-state index contributed by atoms with van der Waals surface area (Å²) in [6, 6.07) is 10.6. The fourth-order valence-corrected chi connectivity index (χ4v) is 5.77. The van der Waals surface area contributed by atoms with Crippen LogP contribution in [0.5, 0.6) is 11.5 Å². The van der Waals surface area contributed by atoms with E-state index in [4.69, 9.17) is 9.47 Å². The third-order valence-corrected chi connectivity index (χ3v) is 8.27. The number of benzene rings is 2. The van der Waals surface area contributed by atoms with Gasteiger partial charge in [0, 0.05) is 37.2 Å². The van der Waals surface area contributed by atoms with Gasteiger partial charge in [-0.05, 0) is 68.1 Å². The summed E-state index contributed by atoms with van der Waals surface area (Å²) in [6.07, 6.45) is 2.85. The van der Waals surface area contributed by atoms with Crippen LogP contribution in [0.15, 0.2) is 47.4 Å². The number of rotatable bonds is 8. The van der Waals surface area contributed by atoms with Crippen molar-refractivity contribution in [1.29, 1.82) is 0 Å². The molecule has 2 fully saturated rings. The van der Waals surface area contributed by atoms with Gasteiger partial charge in [-0.15, -0.1) is 0 Å². The van der Waals surface area contributed by atoms with Crippen LogP contribution < -0.4 is 9.47 Å². The van der Waals surface area contributed by atoms with E-state index >= 15 is 0 Å². The molecule has 0 spiro atoms. The van der Waals surface area contributed by atoms with E-state index in [0.29, 0.717) is 30.9 Å². The van der Waals surface area contributed by atoms with Crippen LogP contribution in [0.2, 0.25) is 0 Å². The average molecular weight is 477 g/mol. The van der Waals surface area contributed by atoms with Gasteiger partial charge in [-0.3, -0.25) is 4.79 Å². The van der Waals surface area contributed by atoms with Gasteiger partial charge in [0.1, 0.15) is 17.3 Å². The zero-order valence-electron chi connectivity index (χ0n) is 18.9. The fourth-order valence-electron chi connectivity index (χ4n) is 4.30. The lowest BCUT2D eigenvalue weighted by molar-refractivity contribution is -0.138. The number of methoxy groups -OCH3 is 2. The quantitative estimate of drug-likeness (QED) is 0.584.